The molecule has 1 aromatic rings. The third-order valence-electron chi connectivity index (χ3n) is 2.25. The summed E-state index contributed by atoms with van der Waals surface area (Å²) in [4.78, 5) is 15.9. The summed E-state index contributed by atoms with van der Waals surface area (Å²) in [6, 6.07) is 5.79. The van der Waals surface area contributed by atoms with Gasteiger partial charge in [-0.05, 0) is 24.3 Å². The SMILES string of the molecule is O=C(CSC1=NCCS1)Nc1ccc(OC(F)F)cc1. The van der Waals surface area contributed by atoms with Crippen LogP contribution in [0.25, 0.3) is 0 Å². The normalized spacial score (nSPS) is 14.2. The summed E-state index contributed by atoms with van der Waals surface area (Å²) in [6.07, 6.45) is 0. The molecule has 0 aliphatic carbocycles. The summed E-state index contributed by atoms with van der Waals surface area (Å²) >= 11 is 3.04. The van der Waals surface area contributed by atoms with Crippen LogP contribution in [-0.2, 0) is 4.79 Å². The second kappa shape index (κ2) is 7.49. The van der Waals surface area contributed by atoms with Crippen molar-refractivity contribution in [3.63, 3.8) is 0 Å². The Balaban J connectivity index is 1.78. The Morgan fingerprint density at radius 3 is 2.80 bits per heavy atom. The number of hydrogen-bond acceptors (Lipinski definition) is 5. The van der Waals surface area contributed by atoms with Crippen LogP contribution in [0.5, 0.6) is 5.75 Å². The summed E-state index contributed by atoms with van der Waals surface area (Å²) in [7, 11) is 0. The summed E-state index contributed by atoms with van der Waals surface area (Å²) in [5, 5.41) is 2.68. The number of amides is 1. The Labute approximate surface area is 123 Å². The minimum absolute atomic E-state index is 0.0593. The molecular formula is C12H12F2N2O2S2. The molecule has 0 bridgehead atoms. The Morgan fingerprint density at radius 1 is 1.45 bits per heavy atom. The molecule has 0 radical (unpaired) electrons. The first kappa shape index (κ1) is 15.1. The largest absolute Gasteiger partial charge is 0.435 e. The first-order valence-corrected chi connectivity index (χ1v) is 7.75. The molecule has 0 atom stereocenters. The number of ether oxygens (including phenoxy) is 1. The molecule has 20 heavy (non-hydrogen) atoms. The number of carbonyl (C=O) groups excluding carboxylic acids is 1. The molecule has 8 heteroatoms. The van der Waals surface area contributed by atoms with Gasteiger partial charge >= 0.3 is 6.61 Å². The fourth-order valence-electron chi connectivity index (χ4n) is 1.45. The molecule has 0 fully saturated rings. The van der Waals surface area contributed by atoms with Crippen molar-refractivity contribution in [2.24, 2.45) is 4.99 Å². The summed E-state index contributed by atoms with van der Waals surface area (Å²) in [6.45, 7) is -2.04. The van der Waals surface area contributed by atoms with Gasteiger partial charge in [0, 0.05) is 11.4 Å². The monoisotopic (exact) mass is 318 g/mol. The lowest BCUT2D eigenvalue weighted by Gasteiger charge is -2.07. The van der Waals surface area contributed by atoms with Crippen LogP contribution >= 0.6 is 23.5 Å². The molecule has 2 rings (SSSR count). The number of rotatable bonds is 5. The average Bonchev–Trinajstić information content (AvgIpc) is 2.91. The van der Waals surface area contributed by atoms with Crippen molar-refractivity contribution in [1.82, 2.24) is 0 Å². The van der Waals surface area contributed by atoms with Gasteiger partial charge in [0.25, 0.3) is 0 Å². The van der Waals surface area contributed by atoms with Crippen LogP contribution in [0, 0.1) is 0 Å². The predicted octanol–water partition coefficient (Wildman–Crippen LogP) is 3.06. The van der Waals surface area contributed by atoms with Crippen LogP contribution in [-0.4, -0.2) is 34.9 Å². The zero-order chi connectivity index (χ0) is 14.4. The zero-order valence-corrected chi connectivity index (χ0v) is 12.0. The van der Waals surface area contributed by atoms with E-state index in [9.17, 15) is 13.6 Å². The summed E-state index contributed by atoms with van der Waals surface area (Å²) in [5.74, 6) is 1.15. The van der Waals surface area contributed by atoms with Crippen molar-refractivity contribution < 1.29 is 18.3 Å². The molecule has 4 nitrogen and oxygen atoms in total. The van der Waals surface area contributed by atoms with Gasteiger partial charge in [-0.1, -0.05) is 23.5 Å². The molecule has 1 aliphatic heterocycles. The summed E-state index contributed by atoms with van der Waals surface area (Å²) < 4.78 is 29.1. The Morgan fingerprint density at radius 2 is 2.20 bits per heavy atom. The highest BCUT2D eigenvalue weighted by atomic mass is 32.2. The van der Waals surface area contributed by atoms with Crippen molar-refractivity contribution in [3.8, 4) is 5.75 Å². The number of benzene rings is 1. The van der Waals surface area contributed by atoms with Crippen molar-refractivity contribution in [3.05, 3.63) is 24.3 Å². The molecule has 0 saturated carbocycles. The minimum atomic E-state index is -2.85. The molecule has 1 heterocycles. The molecule has 0 unspecified atom stereocenters. The first-order valence-electron chi connectivity index (χ1n) is 5.78. The van der Waals surface area contributed by atoms with E-state index in [0.29, 0.717) is 5.69 Å². The topological polar surface area (TPSA) is 50.7 Å². The lowest BCUT2D eigenvalue weighted by molar-refractivity contribution is -0.113. The van der Waals surface area contributed by atoms with E-state index in [1.165, 1.54) is 36.0 Å². The quantitative estimate of drug-likeness (QED) is 0.906. The molecule has 1 aliphatic rings. The maximum atomic E-state index is 12.0. The van der Waals surface area contributed by atoms with Gasteiger partial charge in [-0.3, -0.25) is 9.79 Å². The number of nitrogens with one attached hydrogen (secondary N) is 1. The average molecular weight is 318 g/mol. The Hall–Kier alpha value is -1.28. The molecule has 1 aromatic carbocycles. The lowest BCUT2D eigenvalue weighted by atomic mass is 10.3. The second-order valence-corrected chi connectivity index (χ2v) is 6.04. The highest BCUT2D eigenvalue weighted by molar-refractivity contribution is 8.39. The van der Waals surface area contributed by atoms with Gasteiger partial charge in [-0.2, -0.15) is 8.78 Å². The number of halogens is 2. The number of aliphatic imine (C=N–C) groups is 1. The van der Waals surface area contributed by atoms with Crippen LogP contribution in [0.3, 0.4) is 0 Å². The van der Waals surface area contributed by atoms with Crippen molar-refractivity contribution in [2.45, 2.75) is 6.61 Å². The minimum Gasteiger partial charge on any atom is -0.435 e. The Bertz CT molecular complexity index is 495. The van der Waals surface area contributed by atoms with E-state index in [2.05, 4.69) is 15.0 Å². The summed E-state index contributed by atoms with van der Waals surface area (Å²) in [5.41, 5.74) is 0.540. The molecule has 0 aromatic heterocycles. The number of hydrogen-bond donors (Lipinski definition) is 1. The number of anilines is 1. The molecular weight excluding hydrogens is 306 g/mol. The van der Waals surface area contributed by atoms with Crippen LogP contribution in [0.4, 0.5) is 14.5 Å². The molecule has 1 amide bonds. The van der Waals surface area contributed by atoms with Gasteiger partial charge in [-0.25, -0.2) is 0 Å². The molecule has 0 spiro atoms. The molecule has 1 N–H and O–H groups in total. The van der Waals surface area contributed by atoms with E-state index in [0.717, 1.165) is 16.7 Å². The van der Waals surface area contributed by atoms with Crippen LogP contribution in [0.1, 0.15) is 0 Å². The first-order chi connectivity index (χ1) is 9.63. The van der Waals surface area contributed by atoms with Gasteiger partial charge in [-0.15, -0.1) is 0 Å². The molecule has 0 saturated heterocycles. The second-order valence-electron chi connectivity index (χ2n) is 3.74. The lowest BCUT2D eigenvalue weighted by Crippen LogP contribution is -2.14. The maximum Gasteiger partial charge on any atom is 0.387 e. The van der Waals surface area contributed by atoms with E-state index < -0.39 is 6.61 Å². The highest BCUT2D eigenvalue weighted by Gasteiger charge is 2.11. The van der Waals surface area contributed by atoms with Crippen molar-refractivity contribution in [1.29, 1.82) is 0 Å². The predicted molar refractivity (Wildman–Crippen MR) is 78.9 cm³/mol. The van der Waals surface area contributed by atoms with E-state index in [-0.39, 0.29) is 17.4 Å². The number of alkyl halides is 2. The van der Waals surface area contributed by atoms with E-state index in [1.807, 2.05) is 0 Å². The molecule has 108 valence electrons. The third-order valence-corrected chi connectivity index (χ3v) is 4.50. The number of carbonyl (C=O) groups is 1. The van der Waals surface area contributed by atoms with Gasteiger partial charge in [0.05, 0.1) is 12.3 Å². The smallest absolute Gasteiger partial charge is 0.387 e. The van der Waals surface area contributed by atoms with Crippen LogP contribution in [0.15, 0.2) is 29.3 Å². The van der Waals surface area contributed by atoms with Crippen LogP contribution < -0.4 is 10.1 Å². The fourth-order valence-corrected chi connectivity index (χ4v) is 3.26. The number of nitrogens with zero attached hydrogens (tertiary/aromatic N) is 1. The Kier molecular flexibility index (Phi) is 5.66. The van der Waals surface area contributed by atoms with Gasteiger partial charge in [0.1, 0.15) is 10.1 Å². The van der Waals surface area contributed by atoms with E-state index >= 15 is 0 Å². The zero-order valence-electron chi connectivity index (χ0n) is 10.3. The third kappa shape index (κ3) is 5.01. The number of thioether (sulfide) groups is 2. The van der Waals surface area contributed by atoms with Gasteiger partial charge < -0.3 is 10.1 Å². The standard InChI is InChI=1S/C12H12F2N2O2S2/c13-11(14)18-9-3-1-8(2-4-9)16-10(17)7-20-12-15-5-6-19-12/h1-4,11H,5-7H2,(H,16,17). The fraction of sp³-hybridized carbons (Fsp3) is 0.333. The highest BCUT2D eigenvalue weighted by Crippen LogP contribution is 2.22. The van der Waals surface area contributed by atoms with E-state index in [4.69, 9.17) is 0 Å². The van der Waals surface area contributed by atoms with Gasteiger partial charge in [0.2, 0.25) is 5.91 Å². The maximum absolute atomic E-state index is 12.0. The van der Waals surface area contributed by atoms with Crippen molar-refractivity contribution >= 4 is 39.5 Å². The van der Waals surface area contributed by atoms with Crippen LogP contribution in [0.2, 0.25) is 0 Å². The van der Waals surface area contributed by atoms with Gasteiger partial charge in [0.15, 0.2) is 0 Å². The van der Waals surface area contributed by atoms with Crippen molar-refractivity contribution in [2.75, 3.05) is 23.4 Å². The van der Waals surface area contributed by atoms with E-state index in [1.54, 1.807) is 11.8 Å².